The maximum Gasteiger partial charge on any atom is 0.266 e. The van der Waals surface area contributed by atoms with Crippen molar-refractivity contribution < 1.29 is 9.90 Å². The second-order valence-electron chi connectivity index (χ2n) is 5.29. The summed E-state index contributed by atoms with van der Waals surface area (Å²) in [4.78, 5) is 23.0. The van der Waals surface area contributed by atoms with Crippen molar-refractivity contribution in [2.75, 3.05) is 5.32 Å². The van der Waals surface area contributed by atoms with Crippen LogP contribution in [-0.4, -0.2) is 21.0 Å². The molecule has 23 heavy (non-hydrogen) atoms. The molecule has 3 rings (SSSR count). The highest BCUT2D eigenvalue weighted by molar-refractivity contribution is 7.20. The lowest BCUT2D eigenvalue weighted by Crippen LogP contribution is -2.11. The highest BCUT2D eigenvalue weighted by atomic mass is 32.1. The van der Waals surface area contributed by atoms with E-state index in [1.54, 1.807) is 18.2 Å². The Balaban J connectivity index is 2.03. The average molecular weight is 327 g/mol. The fourth-order valence-corrected chi connectivity index (χ4v) is 3.67. The van der Waals surface area contributed by atoms with Crippen molar-refractivity contribution in [3.8, 4) is 5.75 Å². The summed E-state index contributed by atoms with van der Waals surface area (Å²) >= 11 is 1.36. The molecule has 0 aliphatic heterocycles. The molecule has 2 heterocycles. The van der Waals surface area contributed by atoms with Gasteiger partial charge in [-0.2, -0.15) is 0 Å². The molecule has 0 spiro atoms. The van der Waals surface area contributed by atoms with Gasteiger partial charge in [0, 0.05) is 17.5 Å². The van der Waals surface area contributed by atoms with Crippen molar-refractivity contribution in [1.82, 2.24) is 9.97 Å². The lowest BCUT2D eigenvalue weighted by molar-refractivity contribution is 0.102. The highest BCUT2D eigenvalue weighted by Gasteiger charge is 2.19. The molecule has 0 aliphatic carbocycles. The quantitative estimate of drug-likeness (QED) is 0.717. The Morgan fingerprint density at radius 3 is 2.70 bits per heavy atom. The van der Waals surface area contributed by atoms with Crippen molar-refractivity contribution in [3.05, 3.63) is 46.2 Å². The van der Waals surface area contributed by atoms with Gasteiger partial charge >= 0.3 is 0 Å². The number of nitrogens with zero attached hydrogens (tertiary/aromatic N) is 2. The van der Waals surface area contributed by atoms with Gasteiger partial charge in [0.2, 0.25) is 0 Å². The number of amides is 1. The lowest BCUT2D eigenvalue weighted by Gasteiger charge is -2.06. The predicted octanol–water partition coefficient (Wildman–Crippen LogP) is 3.83. The predicted molar refractivity (Wildman–Crippen MR) is 92.3 cm³/mol. The monoisotopic (exact) mass is 327 g/mol. The van der Waals surface area contributed by atoms with Crippen LogP contribution in [0.5, 0.6) is 5.75 Å². The van der Waals surface area contributed by atoms with Gasteiger partial charge < -0.3 is 10.4 Å². The minimum Gasteiger partial charge on any atom is -0.506 e. The molecule has 0 saturated heterocycles. The molecule has 0 aliphatic rings. The zero-order valence-electron chi connectivity index (χ0n) is 13.2. The van der Waals surface area contributed by atoms with Gasteiger partial charge in [0.05, 0.1) is 10.6 Å². The van der Waals surface area contributed by atoms with Crippen molar-refractivity contribution in [2.24, 2.45) is 0 Å². The van der Waals surface area contributed by atoms with Crippen molar-refractivity contribution in [1.29, 1.82) is 0 Å². The van der Waals surface area contributed by atoms with E-state index in [-0.39, 0.29) is 11.7 Å². The third-order valence-corrected chi connectivity index (χ3v) is 4.88. The summed E-state index contributed by atoms with van der Waals surface area (Å²) in [5, 5.41) is 13.5. The molecule has 1 amide bonds. The number of aromatic hydroxyl groups is 1. The molecule has 0 atom stereocenters. The first kappa shape index (κ1) is 15.4. The first-order valence-corrected chi connectivity index (χ1v) is 8.18. The molecule has 0 unspecified atom stereocenters. The second-order valence-corrected chi connectivity index (χ2v) is 6.29. The van der Waals surface area contributed by atoms with E-state index in [0.717, 1.165) is 33.7 Å². The molecule has 0 bridgehead atoms. The van der Waals surface area contributed by atoms with Crippen LogP contribution in [0.25, 0.3) is 10.2 Å². The van der Waals surface area contributed by atoms with Crippen molar-refractivity contribution in [3.63, 3.8) is 0 Å². The van der Waals surface area contributed by atoms with Gasteiger partial charge in [-0.05, 0) is 31.5 Å². The topological polar surface area (TPSA) is 75.1 Å². The number of para-hydroxylation sites is 2. The van der Waals surface area contributed by atoms with E-state index < -0.39 is 0 Å². The van der Waals surface area contributed by atoms with E-state index in [1.807, 2.05) is 20.8 Å². The Morgan fingerprint density at radius 1 is 1.26 bits per heavy atom. The van der Waals surface area contributed by atoms with Gasteiger partial charge in [-0.25, -0.2) is 9.97 Å². The molecule has 0 radical (unpaired) electrons. The lowest BCUT2D eigenvalue weighted by atomic mass is 10.1. The van der Waals surface area contributed by atoms with E-state index in [4.69, 9.17) is 0 Å². The number of hydrogen-bond donors (Lipinski definition) is 2. The van der Waals surface area contributed by atoms with Crippen LogP contribution in [0.2, 0.25) is 0 Å². The van der Waals surface area contributed by atoms with Gasteiger partial charge in [0.1, 0.15) is 16.4 Å². The van der Waals surface area contributed by atoms with Crippen LogP contribution in [0, 0.1) is 13.8 Å². The Morgan fingerprint density at radius 2 is 2.00 bits per heavy atom. The first-order valence-electron chi connectivity index (χ1n) is 7.37. The number of hydrogen-bond acceptors (Lipinski definition) is 5. The number of benzene rings is 1. The SMILES string of the molecule is CCc1nc(C)c2c(C)c(C(=O)Nc3ccccc3O)sc2n1. The molecule has 3 aromatic rings. The maximum absolute atomic E-state index is 12.6. The van der Waals surface area contributed by atoms with E-state index in [2.05, 4.69) is 15.3 Å². The van der Waals surface area contributed by atoms with Crippen LogP contribution < -0.4 is 5.32 Å². The number of fused-ring (bicyclic) bond motifs is 1. The van der Waals surface area contributed by atoms with Crippen LogP contribution in [0.4, 0.5) is 5.69 Å². The smallest absolute Gasteiger partial charge is 0.266 e. The number of aryl methyl sites for hydroxylation is 3. The number of phenolic OH excluding ortho intramolecular Hbond substituents is 1. The molecule has 2 aromatic heterocycles. The molecule has 6 heteroatoms. The summed E-state index contributed by atoms with van der Waals surface area (Å²) in [5.74, 6) is 0.581. The fourth-order valence-electron chi connectivity index (χ4n) is 2.53. The zero-order valence-corrected chi connectivity index (χ0v) is 14.0. The van der Waals surface area contributed by atoms with Crippen LogP contribution in [0.3, 0.4) is 0 Å². The van der Waals surface area contributed by atoms with Crippen LogP contribution in [0.1, 0.15) is 33.7 Å². The molecule has 2 N–H and O–H groups in total. The molecule has 118 valence electrons. The van der Waals surface area contributed by atoms with Gasteiger partial charge in [0.15, 0.2) is 0 Å². The number of rotatable bonds is 3. The van der Waals surface area contributed by atoms with E-state index in [9.17, 15) is 9.90 Å². The molecule has 5 nitrogen and oxygen atoms in total. The molecular formula is C17H17N3O2S. The van der Waals surface area contributed by atoms with Gasteiger partial charge in [-0.15, -0.1) is 11.3 Å². The number of anilines is 1. The van der Waals surface area contributed by atoms with E-state index in [1.165, 1.54) is 17.4 Å². The number of phenols is 1. The van der Waals surface area contributed by atoms with Crippen LogP contribution >= 0.6 is 11.3 Å². The first-order chi connectivity index (χ1) is 11.0. The summed E-state index contributed by atoms with van der Waals surface area (Å²) in [6.07, 6.45) is 0.757. The maximum atomic E-state index is 12.6. The molecule has 1 aromatic carbocycles. The standard InChI is InChI=1S/C17H17N3O2S/c1-4-13-18-10(3)14-9(2)15(23-17(14)20-13)16(22)19-11-7-5-6-8-12(11)21/h5-8,21H,4H2,1-3H3,(H,19,22). The number of carbonyl (C=O) groups is 1. The number of aromatic nitrogens is 2. The molecule has 0 saturated carbocycles. The summed E-state index contributed by atoms with van der Waals surface area (Å²) in [7, 11) is 0. The Labute approximate surface area is 138 Å². The summed E-state index contributed by atoms with van der Waals surface area (Å²) < 4.78 is 0. The number of nitrogens with one attached hydrogen (secondary N) is 1. The Hall–Kier alpha value is -2.47. The average Bonchev–Trinajstić information content (AvgIpc) is 2.87. The third kappa shape index (κ3) is 2.77. The van der Waals surface area contributed by atoms with Crippen LogP contribution in [0.15, 0.2) is 24.3 Å². The Bertz CT molecular complexity index is 902. The van der Waals surface area contributed by atoms with Gasteiger partial charge in [-0.1, -0.05) is 19.1 Å². The summed E-state index contributed by atoms with van der Waals surface area (Å²) in [5.41, 5.74) is 2.16. The van der Waals surface area contributed by atoms with Gasteiger partial charge in [0.25, 0.3) is 5.91 Å². The second kappa shape index (κ2) is 5.96. The minimum atomic E-state index is -0.246. The molecular weight excluding hydrogens is 310 g/mol. The van der Waals surface area contributed by atoms with Crippen molar-refractivity contribution >= 4 is 33.1 Å². The van der Waals surface area contributed by atoms with E-state index in [0.29, 0.717) is 10.6 Å². The third-order valence-electron chi connectivity index (χ3n) is 3.69. The Kier molecular flexibility index (Phi) is 4.00. The summed E-state index contributed by atoms with van der Waals surface area (Å²) in [6.45, 7) is 5.85. The minimum absolute atomic E-state index is 0.0452. The highest BCUT2D eigenvalue weighted by Crippen LogP contribution is 2.32. The van der Waals surface area contributed by atoms with E-state index >= 15 is 0 Å². The molecule has 0 fully saturated rings. The van der Waals surface area contributed by atoms with Gasteiger partial charge in [-0.3, -0.25) is 4.79 Å². The van der Waals surface area contributed by atoms with Crippen LogP contribution in [-0.2, 0) is 6.42 Å². The fraction of sp³-hybridized carbons (Fsp3) is 0.235. The zero-order chi connectivity index (χ0) is 16.6. The summed E-state index contributed by atoms with van der Waals surface area (Å²) in [6, 6.07) is 6.67. The van der Waals surface area contributed by atoms with Crippen molar-refractivity contribution in [2.45, 2.75) is 27.2 Å². The number of carbonyl (C=O) groups excluding carboxylic acids is 1. The number of thiophene rings is 1. The largest absolute Gasteiger partial charge is 0.506 e. The normalized spacial score (nSPS) is 10.9.